The van der Waals surface area contributed by atoms with Gasteiger partial charge in [0.2, 0.25) is 5.95 Å². The quantitative estimate of drug-likeness (QED) is 0.836. The third kappa shape index (κ3) is 2.47. The van der Waals surface area contributed by atoms with Crippen LogP contribution in [0.4, 0.5) is 5.95 Å². The third-order valence-corrected chi connectivity index (χ3v) is 3.15. The molecule has 5 nitrogen and oxygen atoms in total. The minimum absolute atomic E-state index is 0.326. The van der Waals surface area contributed by atoms with E-state index in [1.54, 1.807) is 0 Å². The molecule has 2 unspecified atom stereocenters. The van der Waals surface area contributed by atoms with Crippen molar-refractivity contribution in [2.24, 2.45) is 5.92 Å². The monoisotopic (exact) mass is 222 g/mol. The molecule has 0 aliphatic carbocycles. The first-order chi connectivity index (χ1) is 7.66. The van der Waals surface area contributed by atoms with Crippen molar-refractivity contribution in [1.29, 1.82) is 0 Å². The molecule has 0 spiro atoms. The summed E-state index contributed by atoms with van der Waals surface area (Å²) in [5, 5.41) is 11.3. The summed E-state index contributed by atoms with van der Waals surface area (Å²) < 4.78 is 5.50. The van der Waals surface area contributed by atoms with Gasteiger partial charge in [0.15, 0.2) is 0 Å². The van der Waals surface area contributed by atoms with E-state index in [4.69, 9.17) is 4.74 Å². The molecule has 2 heterocycles. The highest BCUT2D eigenvalue weighted by Crippen LogP contribution is 2.20. The van der Waals surface area contributed by atoms with Crippen LogP contribution in [0.1, 0.15) is 24.7 Å². The smallest absolute Gasteiger partial charge is 0.242 e. The fourth-order valence-electron chi connectivity index (χ4n) is 1.80. The number of ether oxygens (including phenoxy) is 1. The lowest BCUT2D eigenvalue weighted by molar-refractivity contribution is 0.108. The molecule has 88 valence electrons. The van der Waals surface area contributed by atoms with Crippen LogP contribution in [0.15, 0.2) is 0 Å². The largest absolute Gasteiger partial charge is 0.378 e. The maximum absolute atomic E-state index is 5.50. The van der Waals surface area contributed by atoms with E-state index < -0.39 is 0 Å². The van der Waals surface area contributed by atoms with E-state index in [0.717, 1.165) is 31.0 Å². The van der Waals surface area contributed by atoms with E-state index in [1.165, 1.54) is 0 Å². The number of rotatable bonds is 3. The fourth-order valence-corrected chi connectivity index (χ4v) is 1.80. The maximum atomic E-state index is 5.50. The second kappa shape index (κ2) is 4.74. The molecule has 1 N–H and O–H groups in total. The first-order valence-electron chi connectivity index (χ1n) is 5.70. The van der Waals surface area contributed by atoms with E-state index in [1.807, 2.05) is 13.8 Å². The molecule has 1 aliphatic heterocycles. The van der Waals surface area contributed by atoms with Crippen molar-refractivity contribution in [2.75, 3.05) is 18.5 Å². The number of aryl methyl sites for hydroxylation is 2. The van der Waals surface area contributed by atoms with Crippen molar-refractivity contribution >= 4 is 5.95 Å². The Morgan fingerprint density at radius 2 is 2.12 bits per heavy atom. The Morgan fingerprint density at radius 1 is 1.31 bits per heavy atom. The number of hydrogen-bond acceptors (Lipinski definition) is 5. The summed E-state index contributed by atoms with van der Waals surface area (Å²) in [5.41, 5.74) is 1.80. The predicted octanol–water partition coefficient (Wildman–Crippen LogP) is 1.33. The first kappa shape index (κ1) is 11.3. The standard InChI is InChI=1S/C11H18N4O/c1-7-8(2)14-15-11(13-7)12-6-10-4-5-16-9(10)3/h9-10H,4-6H2,1-3H3,(H,12,13,15). The minimum atomic E-state index is 0.326. The van der Waals surface area contributed by atoms with Crippen LogP contribution in [-0.4, -0.2) is 34.4 Å². The van der Waals surface area contributed by atoms with Crippen LogP contribution in [0.3, 0.4) is 0 Å². The molecule has 5 heteroatoms. The molecule has 2 rings (SSSR count). The Hall–Kier alpha value is -1.23. The zero-order chi connectivity index (χ0) is 11.5. The molecule has 1 aliphatic rings. The zero-order valence-corrected chi connectivity index (χ0v) is 10.0. The van der Waals surface area contributed by atoms with Crippen LogP contribution >= 0.6 is 0 Å². The van der Waals surface area contributed by atoms with Crippen molar-refractivity contribution in [2.45, 2.75) is 33.3 Å². The third-order valence-electron chi connectivity index (χ3n) is 3.15. The van der Waals surface area contributed by atoms with Gasteiger partial charge in [-0.1, -0.05) is 0 Å². The molecule has 1 aromatic heterocycles. The molecule has 1 saturated heterocycles. The summed E-state index contributed by atoms with van der Waals surface area (Å²) in [5.74, 6) is 1.16. The molecule has 1 aromatic rings. The Bertz CT molecular complexity index is 369. The second-order valence-electron chi connectivity index (χ2n) is 4.31. The molecule has 0 bridgehead atoms. The second-order valence-corrected chi connectivity index (χ2v) is 4.31. The normalized spacial score (nSPS) is 24.7. The molecule has 16 heavy (non-hydrogen) atoms. The maximum Gasteiger partial charge on any atom is 0.242 e. The molecule has 0 radical (unpaired) electrons. The van der Waals surface area contributed by atoms with Crippen molar-refractivity contribution < 1.29 is 4.74 Å². The van der Waals surface area contributed by atoms with Crippen molar-refractivity contribution in [3.05, 3.63) is 11.4 Å². The average Bonchev–Trinajstić information content (AvgIpc) is 2.66. The number of anilines is 1. The first-order valence-corrected chi connectivity index (χ1v) is 5.70. The molecule has 2 atom stereocenters. The van der Waals surface area contributed by atoms with Crippen LogP contribution in [-0.2, 0) is 4.74 Å². The van der Waals surface area contributed by atoms with Crippen LogP contribution in [0.25, 0.3) is 0 Å². The van der Waals surface area contributed by atoms with Gasteiger partial charge in [0.25, 0.3) is 0 Å². The van der Waals surface area contributed by atoms with E-state index in [9.17, 15) is 0 Å². The van der Waals surface area contributed by atoms with Gasteiger partial charge in [-0.15, -0.1) is 5.10 Å². The Kier molecular flexibility index (Phi) is 3.33. The van der Waals surface area contributed by atoms with E-state index in [0.29, 0.717) is 18.0 Å². The fraction of sp³-hybridized carbons (Fsp3) is 0.727. The van der Waals surface area contributed by atoms with Crippen molar-refractivity contribution in [3.63, 3.8) is 0 Å². The van der Waals surface area contributed by atoms with Gasteiger partial charge in [0.1, 0.15) is 0 Å². The number of aromatic nitrogens is 3. The minimum Gasteiger partial charge on any atom is -0.378 e. The highest BCUT2D eigenvalue weighted by molar-refractivity contribution is 5.24. The van der Waals surface area contributed by atoms with Crippen molar-refractivity contribution in [1.82, 2.24) is 15.2 Å². The van der Waals surface area contributed by atoms with Crippen LogP contribution in [0.2, 0.25) is 0 Å². The Balaban J connectivity index is 1.91. The summed E-state index contributed by atoms with van der Waals surface area (Å²) in [6.45, 7) is 7.67. The summed E-state index contributed by atoms with van der Waals surface area (Å²) in [6.07, 6.45) is 1.43. The van der Waals surface area contributed by atoms with Crippen LogP contribution in [0.5, 0.6) is 0 Å². The van der Waals surface area contributed by atoms with E-state index in [2.05, 4.69) is 27.4 Å². The summed E-state index contributed by atoms with van der Waals surface area (Å²) in [7, 11) is 0. The molecule has 0 saturated carbocycles. The molecular formula is C11H18N4O. The highest BCUT2D eigenvalue weighted by Gasteiger charge is 2.23. The molecule has 1 fully saturated rings. The van der Waals surface area contributed by atoms with Gasteiger partial charge in [0.05, 0.1) is 17.5 Å². The zero-order valence-electron chi connectivity index (χ0n) is 10.0. The van der Waals surface area contributed by atoms with Gasteiger partial charge >= 0.3 is 0 Å². The predicted molar refractivity (Wildman–Crippen MR) is 61.3 cm³/mol. The van der Waals surface area contributed by atoms with Gasteiger partial charge in [-0.3, -0.25) is 0 Å². The van der Waals surface area contributed by atoms with Crippen LogP contribution in [0, 0.1) is 19.8 Å². The molecule has 0 aromatic carbocycles. The van der Waals surface area contributed by atoms with Crippen molar-refractivity contribution in [3.8, 4) is 0 Å². The average molecular weight is 222 g/mol. The van der Waals surface area contributed by atoms with E-state index in [-0.39, 0.29) is 0 Å². The molecular weight excluding hydrogens is 204 g/mol. The Morgan fingerprint density at radius 3 is 2.75 bits per heavy atom. The Labute approximate surface area is 95.6 Å². The molecule has 0 amide bonds. The highest BCUT2D eigenvalue weighted by atomic mass is 16.5. The topological polar surface area (TPSA) is 59.9 Å². The van der Waals surface area contributed by atoms with Gasteiger partial charge in [0, 0.05) is 19.1 Å². The lowest BCUT2D eigenvalue weighted by Gasteiger charge is -2.14. The number of nitrogens with one attached hydrogen (secondary N) is 1. The van der Waals surface area contributed by atoms with Gasteiger partial charge in [-0.25, -0.2) is 4.98 Å². The lowest BCUT2D eigenvalue weighted by Crippen LogP contribution is -2.22. The summed E-state index contributed by atoms with van der Waals surface area (Å²) in [4.78, 5) is 4.33. The lowest BCUT2D eigenvalue weighted by atomic mass is 10.0. The van der Waals surface area contributed by atoms with Gasteiger partial charge < -0.3 is 10.1 Å². The summed E-state index contributed by atoms with van der Waals surface area (Å²) in [6, 6.07) is 0. The summed E-state index contributed by atoms with van der Waals surface area (Å²) >= 11 is 0. The van der Waals surface area contributed by atoms with Gasteiger partial charge in [-0.2, -0.15) is 5.10 Å². The van der Waals surface area contributed by atoms with Gasteiger partial charge in [-0.05, 0) is 27.2 Å². The number of hydrogen-bond donors (Lipinski definition) is 1. The SMILES string of the molecule is Cc1nnc(NCC2CCOC2C)nc1C. The van der Waals surface area contributed by atoms with E-state index >= 15 is 0 Å². The number of nitrogens with zero attached hydrogens (tertiary/aromatic N) is 3. The van der Waals surface area contributed by atoms with Crippen LogP contribution < -0.4 is 5.32 Å².